The highest BCUT2D eigenvalue weighted by molar-refractivity contribution is 6.30. The van der Waals surface area contributed by atoms with Crippen LogP contribution < -0.4 is 11.2 Å². The van der Waals surface area contributed by atoms with Gasteiger partial charge < -0.3 is 4.57 Å². The number of imidazole rings is 1. The van der Waals surface area contributed by atoms with E-state index in [0.29, 0.717) is 22.8 Å². The van der Waals surface area contributed by atoms with Gasteiger partial charge >= 0.3 is 5.69 Å². The van der Waals surface area contributed by atoms with E-state index in [0.717, 1.165) is 35.0 Å². The first-order chi connectivity index (χ1) is 16.1. The molecule has 1 saturated carbocycles. The number of rotatable bonds is 5. The van der Waals surface area contributed by atoms with Crippen molar-refractivity contribution in [2.75, 3.05) is 0 Å². The molecule has 164 valence electrons. The molecular formula is C26H21ClN4O2. The SMILES string of the molecule is O=c1nc(Cn2c(=O)n(C3CC3)c3ccccc32)n(Cc2ccc(Cl)cc2)c2ccccc12. The Morgan fingerprint density at radius 2 is 1.45 bits per heavy atom. The second-order valence-corrected chi connectivity index (χ2v) is 8.96. The van der Waals surface area contributed by atoms with Crippen LogP contribution in [0.5, 0.6) is 0 Å². The Morgan fingerprint density at radius 1 is 0.788 bits per heavy atom. The summed E-state index contributed by atoms with van der Waals surface area (Å²) in [5.41, 5.74) is 3.27. The zero-order valence-corrected chi connectivity index (χ0v) is 18.6. The number of nitrogens with zero attached hydrogens (tertiary/aromatic N) is 4. The maximum absolute atomic E-state index is 13.4. The Balaban J connectivity index is 1.55. The number of fused-ring (bicyclic) bond motifs is 2. The normalized spacial score (nSPS) is 13.7. The van der Waals surface area contributed by atoms with Gasteiger partial charge in [-0.25, -0.2) is 4.79 Å². The van der Waals surface area contributed by atoms with Crippen LogP contribution in [-0.4, -0.2) is 18.7 Å². The summed E-state index contributed by atoms with van der Waals surface area (Å²) in [5.74, 6) is 0.550. The molecule has 1 aliphatic rings. The Labute approximate surface area is 194 Å². The van der Waals surface area contributed by atoms with Gasteiger partial charge in [-0.3, -0.25) is 13.9 Å². The highest BCUT2D eigenvalue weighted by Gasteiger charge is 2.29. The quantitative estimate of drug-likeness (QED) is 0.388. The van der Waals surface area contributed by atoms with E-state index in [2.05, 4.69) is 4.98 Å². The lowest BCUT2D eigenvalue weighted by atomic mass is 10.2. The smallest absolute Gasteiger partial charge is 0.323 e. The molecule has 2 heterocycles. The van der Waals surface area contributed by atoms with E-state index < -0.39 is 0 Å². The van der Waals surface area contributed by atoms with Crippen LogP contribution in [0.3, 0.4) is 0 Å². The predicted molar refractivity (Wildman–Crippen MR) is 130 cm³/mol. The van der Waals surface area contributed by atoms with Crippen molar-refractivity contribution >= 4 is 33.5 Å². The van der Waals surface area contributed by atoms with E-state index in [-0.39, 0.29) is 23.8 Å². The van der Waals surface area contributed by atoms with Crippen molar-refractivity contribution in [3.63, 3.8) is 0 Å². The highest BCUT2D eigenvalue weighted by Crippen LogP contribution is 2.36. The molecule has 1 aliphatic carbocycles. The van der Waals surface area contributed by atoms with Gasteiger partial charge in [0.1, 0.15) is 5.82 Å². The lowest BCUT2D eigenvalue weighted by molar-refractivity contribution is 0.624. The lowest BCUT2D eigenvalue weighted by Gasteiger charge is -2.16. The van der Waals surface area contributed by atoms with Crippen molar-refractivity contribution in [2.24, 2.45) is 0 Å². The van der Waals surface area contributed by atoms with Crippen LogP contribution in [-0.2, 0) is 13.1 Å². The first kappa shape index (κ1) is 20.0. The first-order valence-corrected chi connectivity index (χ1v) is 11.4. The molecule has 6 rings (SSSR count). The van der Waals surface area contributed by atoms with Crippen LogP contribution in [0.4, 0.5) is 0 Å². The summed E-state index contributed by atoms with van der Waals surface area (Å²) >= 11 is 6.07. The van der Waals surface area contributed by atoms with Crippen LogP contribution in [0, 0.1) is 0 Å². The molecule has 0 atom stereocenters. The van der Waals surface area contributed by atoms with E-state index in [4.69, 9.17) is 11.6 Å². The molecule has 0 saturated heterocycles. The van der Waals surface area contributed by atoms with Crippen LogP contribution >= 0.6 is 11.6 Å². The second-order valence-electron chi connectivity index (χ2n) is 8.52. The summed E-state index contributed by atoms with van der Waals surface area (Å²) in [4.78, 5) is 30.7. The van der Waals surface area contributed by atoms with Gasteiger partial charge in [0, 0.05) is 17.6 Å². The monoisotopic (exact) mass is 456 g/mol. The summed E-state index contributed by atoms with van der Waals surface area (Å²) in [6.07, 6.45) is 2.03. The molecular weight excluding hydrogens is 436 g/mol. The molecule has 2 aromatic heterocycles. The van der Waals surface area contributed by atoms with Crippen molar-refractivity contribution in [1.82, 2.24) is 18.7 Å². The highest BCUT2D eigenvalue weighted by atomic mass is 35.5. The molecule has 0 spiro atoms. The van der Waals surface area contributed by atoms with Gasteiger partial charge in [0.25, 0.3) is 5.56 Å². The van der Waals surface area contributed by atoms with Crippen LogP contribution in [0.1, 0.15) is 30.3 Å². The molecule has 0 aliphatic heterocycles. The van der Waals surface area contributed by atoms with Crippen molar-refractivity contribution in [1.29, 1.82) is 0 Å². The summed E-state index contributed by atoms with van der Waals surface area (Å²) in [7, 11) is 0. The minimum Gasteiger partial charge on any atom is -0.323 e. The first-order valence-electron chi connectivity index (χ1n) is 11.0. The standard InChI is InChI=1S/C26H21ClN4O2/c27-18-11-9-17(10-12-18)15-29-21-6-2-1-5-20(21)25(32)28-24(29)16-30-22-7-3-4-8-23(22)31(26(30)33)19-13-14-19/h1-12,19H,13-16H2. The number of benzene rings is 3. The van der Waals surface area contributed by atoms with Gasteiger partial charge in [-0.15, -0.1) is 0 Å². The van der Waals surface area contributed by atoms with Gasteiger partial charge in [-0.2, -0.15) is 4.98 Å². The van der Waals surface area contributed by atoms with E-state index in [1.807, 2.05) is 75.9 Å². The van der Waals surface area contributed by atoms with Crippen molar-refractivity contribution in [2.45, 2.75) is 32.0 Å². The Hall–Kier alpha value is -3.64. The van der Waals surface area contributed by atoms with Gasteiger partial charge in [0.05, 0.1) is 28.5 Å². The van der Waals surface area contributed by atoms with Gasteiger partial charge in [-0.05, 0) is 54.8 Å². The largest absolute Gasteiger partial charge is 0.329 e. The minimum absolute atomic E-state index is 0.0563. The molecule has 7 heteroatoms. The average molecular weight is 457 g/mol. The summed E-state index contributed by atoms with van der Waals surface area (Å²) < 4.78 is 5.65. The maximum atomic E-state index is 13.4. The van der Waals surface area contributed by atoms with E-state index >= 15 is 0 Å². The van der Waals surface area contributed by atoms with E-state index in [1.54, 1.807) is 10.6 Å². The van der Waals surface area contributed by atoms with Gasteiger partial charge in [0.2, 0.25) is 0 Å². The Bertz CT molecular complexity index is 1630. The van der Waals surface area contributed by atoms with Crippen molar-refractivity contribution in [3.8, 4) is 0 Å². The third-order valence-electron chi connectivity index (χ3n) is 6.30. The van der Waals surface area contributed by atoms with Crippen molar-refractivity contribution < 1.29 is 0 Å². The molecule has 0 bridgehead atoms. The molecule has 6 nitrogen and oxygen atoms in total. The van der Waals surface area contributed by atoms with Crippen LogP contribution in [0.2, 0.25) is 5.02 Å². The molecule has 0 unspecified atom stereocenters. The molecule has 0 radical (unpaired) electrons. The zero-order chi connectivity index (χ0) is 22.5. The van der Waals surface area contributed by atoms with Crippen LogP contribution in [0.25, 0.3) is 21.9 Å². The Morgan fingerprint density at radius 3 is 2.18 bits per heavy atom. The van der Waals surface area contributed by atoms with Crippen molar-refractivity contribution in [3.05, 3.63) is 110 Å². The number of aromatic nitrogens is 4. The van der Waals surface area contributed by atoms with E-state index in [9.17, 15) is 9.59 Å². The maximum Gasteiger partial charge on any atom is 0.329 e. The fourth-order valence-corrected chi connectivity index (χ4v) is 4.67. The fourth-order valence-electron chi connectivity index (χ4n) is 4.55. The van der Waals surface area contributed by atoms with Gasteiger partial charge in [-0.1, -0.05) is 48.0 Å². The zero-order valence-electron chi connectivity index (χ0n) is 17.8. The third-order valence-corrected chi connectivity index (χ3v) is 6.55. The average Bonchev–Trinajstić information content (AvgIpc) is 3.63. The minimum atomic E-state index is -0.285. The third kappa shape index (κ3) is 3.47. The molecule has 1 fully saturated rings. The number of hydrogen-bond acceptors (Lipinski definition) is 3. The van der Waals surface area contributed by atoms with Crippen LogP contribution in [0.15, 0.2) is 82.4 Å². The summed E-state index contributed by atoms with van der Waals surface area (Å²) in [6, 6.07) is 23.2. The lowest BCUT2D eigenvalue weighted by Crippen LogP contribution is -2.28. The summed E-state index contributed by atoms with van der Waals surface area (Å²) in [6.45, 7) is 0.725. The fraction of sp³-hybridized carbons (Fsp3) is 0.192. The molecule has 5 aromatic rings. The summed E-state index contributed by atoms with van der Waals surface area (Å²) in [5, 5.41) is 1.23. The number of hydrogen-bond donors (Lipinski definition) is 0. The molecule has 3 aromatic carbocycles. The van der Waals surface area contributed by atoms with Gasteiger partial charge in [0.15, 0.2) is 0 Å². The second kappa shape index (κ2) is 7.74. The number of para-hydroxylation sites is 3. The predicted octanol–water partition coefficient (Wildman–Crippen LogP) is 4.60. The number of halogens is 1. The Kier molecular flexibility index (Phi) is 4.69. The topological polar surface area (TPSA) is 61.8 Å². The molecule has 33 heavy (non-hydrogen) atoms. The molecule has 0 amide bonds. The molecule has 0 N–H and O–H groups in total. The van der Waals surface area contributed by atoms with E-state index in [1.165, 1.54) is 0 Å².